The van der Waals surface area contributed by atoms with E-state index in [1.807, 2.05) is 0 Å². The Hall–Kier alpha value is -4.37. The van der Waals surface area contributed by atoms with Crippen LogP contribution in [0.15, 0.2) is 57.6 Å². The number of hydrogen-bond acceptors (Lipinski definition) is 4. The second-order valence-corrected chi connectivity index (χ2v) is 11.5. The normalized spacial score (nSPS) is 16.7. The number of nitrogens with two attached hydrogens (primary N) is 1. The minimum absolute atomic E-state index is 0.00523. The van der Waals surface area contributed by atoms with Gasteiger partial charge in [0.15, 0.2) is 0 Å². The number of aromatic amines is 1. The topological polar surface area (TPSA) is 118 Å². The van der Waals surface area contributed by atoms with Crippen molar-refractivity contribution in [2.24, 2.45) is 11.7 Å². The summed E-state index contributed by atoms with van der Waals surface area (Å²) in [5, 5.41) is 10.7. The number of aliphatic hydroxyl groups is 1. The SMILES string of the molecule is Cc1c(-c2c(F)cc(C(N)=O)c3c2C2=C(C3)C[C@H](C(C)(C)O)CC2)cccc1-n1c(=O)[nH]c2c(F)cccc2c1=O. The van der Waals surface area contributed by atoms with Crippen molar-refractivity contribution < 1.29 is 18.7 Å². The Morgan fingerprint density at radius 1 is 1.10 bits per heavy atom. The van der Waals surface area contributed by atoms with Crippen molar-refractivity contribution in [2.45, 2.75) is 52.1 Å². The smallest absolute Gasteiger partial charge is 0.333 e. The fraction of sp³-hybridized carbons (Fsp3) is 0.281. The van der Waals surface area contributed by atoms with Gasteiger partial charge in [-0.25, -0.2) is 18.1 Å². The number of aromatic nitrogens is 2. The average Bonchev–Trinajstić information content (AvgIpc) is 3.28. The van der Waals surface area contributed by atoms with E-state index < -0.39 is 34.4 Å². The van der Waals surface area contributed by atoms with E-state index in [4.69, 9.17) is 5.73 Å². The van der Waals surface area contributed by atoms with Crippen LogP contribution in [0.5, 0.6) is 0 Å². The highest BCUT2D eigenvalue weighted by atomic mass is 19.1. The molecule has 0 aliphatic heterocycles. The van der Waals surface area contributed by atoms with Gasteiger partial charge in [0.2, 0.25) is 5.91 Å². The molecule has 0 saturated heterocycles. The van der Waals surface area contributed by atoms with Gasteiger partial charge < -0.3 is 15.8 Å². The third kappa shape index (κ3) is 4.14. The number of carbonyl (C=O) groups is 1. The van der Waals surface area contributed by atoms with Gasteiger partial charge in [0.05, 0.1) is 22.2 Å². The standard InChI is InChI=1S/C32H29F2N3O4/c1-15-18(6-5-9-25(15)37-30(39)20-7-4-8-23(33)28(20)36-31(37)40)27-24(34)14-22(29(35)38)21-13-16-12-17(32(2,3)41)10-11-19(16)26(21)27/h4-9,14,17,41H,10-13H2,1-3H3,(H2,35,38)(H,36,40)/t17-/m1/s1. The summed E-state index contributed by atoms with van der Waals surface area (Å²) in [6, 6.07) is 10.1. The first kappa shape index (κ1) is 26.8. The molecule has 2 aliphatic rings. The third-order valence-electron chi connectivity index (χ3n) is 8.70. The highest BCUT2D eigenvalue weighted by Gasteiger charge is 2.38. The number of allylic oxidation sites excluding steroid dienone is 2. The summed E-state index contributed by atoms with van der Waals surface area (Å²) in [4.78, 5) is 41.3. The van der Waals surface area contributed by atoms with E-state index in [9.17, 15) is 23.9 Å². The van der Waals surface area contributed by atoms with Gasteiger partial charge in [-0.3, -0.25) is 9.59 Å². The van der Waals surface area contributed by atoms with Crippen molar-refractivity contribution in [1.82, 2.24) is 9.55 Å². The number of fused-ring (bicyclic) bond motifs is 3. The number of H-pyrrole nitrogens is 1. The maximum absolute atomic E-state index is 16.1. The molecule has 2 aliphatic carbocycles. The molecule has 3 aromatic carbocycles. The zero-order valence-corrected chi connectivity index (χ0v) is 22.9. The van der Waals surface area contributed by atoms with Crippen molar-refractivity contribution in [3.8, 4) is 16.8 Å². The first-order valence-corrected chi connectivity index (χ1v) is 13.5. The van der Waals surface area contributed by atoms with Crippen molar-refractivity contribution in [2.75, 3.05) is 0 Å². The average molecular weight is 558 g/mol. The molecular weight excluding hydrogens is 528 g/mol. The van der Waals surface area contributed by atoms with E-state index in [0.29, 0.717) is 47.9 Å². The van der Waals surface area contributed by atoms with Crippen LogP contribution in [0.25, 0.3) is 33.3 Å². The van der Waals surface area contributed by atoms with Crippen LogP contribution in [0, 0.1) is 24.5 Å². The molecule has 1 aromatic heterocycles. The van der Waals surface area contributed by atoms with Crippen LogP contribution in [-0.4, -0.2) is 26.2 Å². The molecule has 1 heterocycles. The lowest BCUT2D eigenvalue weighted by Gasteiger charge is -2.33. The lowest BCUT2D eigenvalue weighted by atomic mass is 9.75. The predicted octanol–water partition coefficient (Wildman–Crippen LogP) is 4.91. The molecule has 6 rings (SSSR count). The summed E-state index contributed by atoms with van der Waals surface area (Å²) in [6.07, 6.45) is 2.34. The number of hydrogen-bond donors (Lipinski definition) is 3. The lowest BCUT2D eigenvalue weighted by molar-refractivity contribution is 0.0123. The number of rotatable bonds is 4. The monoisotopic (exact) mass is 557 g/mol. The van der Waals surface area contributed by atoms with Gasteiger partial charge in [0.25, 0.3) is 5.56 Å². The van der Waals surface area contributed by atoms with E-state index in [1.165, 1.54) is 12.1 Å². The lowest BCUT2D eigenvalue weighted by Crippen LogP contribution is -2.34. The number of primary amides is 1. The molecule has 4 N–H and O–H groups in total. The second kappa shape index (κ2) is 9.34. The van der Waals surface area contributed by atoms with Gasteiger partial charge in [-0.2, -0.15) is 0 Å². The van der Waals surface area contributed by atoms with Crippen LogP contribution >= 0.6 is 0 Å². The molecule has 41 heavy (non-hydrogen) atoms. The number of carbonyl (C=O) groups excluding carboxylic acids is 1. The number of nitrogens with one attached hydrogen (secondary N) is 1. The van der Waals surface area contributed by atoms with Gasteiger partial charge >= 0.3 is 5.69 Å². The van der Waals surface area contributed by atoms with Crippen LogP contribution in [0.4, 0.5) is 8.78 Å². The van der Waals surface area contributed by atoms with Crippen molar-refractivity contribution >= 4 is 22.4 Å². The molecule has 210 valence electrons. The number of amides is 1. The van der Waals surface area contributed by atoms with Crippen LogP contribution in [0.1, 0.15) is 60.2 Å². The van der Waals surface area contributed by atoms with Gasteiger partial charge in [-0.15, -0.1) is 0 Å². The van der Waals surface area contributed by atoms with Crippen molar-refractivity contribution in [3.05, 3.63) is 103 Å². The Kier molecular flexibility index (Phi) is 6.11. The first-order valence-electron chi connectivity index (χ1n) is 13.5. The largest absolute Gasteiger partial charge is 0.390 e. The Balaban J connectivity index is 1.59. The zero-order chi connectivity index (χ0) is 29.4. The predicted molar refractivity (Wildman–Crippen MR) is 153 cm³/mol. The molecule has 1 amide bonds. The van der Waals surface area contributed by atoms with Crippen LogP contribution in [0.3, 0.4) is 0 Å². The van der Waals surface area contributed by atoms with E-state index in [2.05, 4.69) is 4.98 Å². The minimum atomic E-state index is -0.887. The van der Waals surface area contributed by atoms with E-state index >= 15 is 4.39 Å². The summed E-state index contributed by atoms with van der Waals surface area (Å²) in [7, 11) is 0. The van der Waals surface area contributed by atoms with Gasteiger partial charge in [-0.05, 0) is 104 Å². The maximum atomic E-state index is 16.1. The zero-order valence-electron chi connectivity index (χ0n) is 22.9. The van der Waals surface area contributed by atoms with Crippen molar-refractivity contribution in [1.29, 1.82) is 0 Å². The summed E-state index contributed by atoms with van der Waals surface area (Å²) in [6.45, 7) is 5.26. The Morgan fingerprint density at radius 3 is 2.54 bits per heavy atom. The number of nitrogens with zero attached hydrogens (tertiary/aromatic N) is 1. The molecule has 0 fully saturated rings. The summed E-state index contributed by atoms with van der Waals surface area (Å²) in [5.41, 5.74) is 7.88. The molecule has 0 spiro atoms. The molecule has 9 heteroatoms. The Labute approximate surface area is 234 Å². The molecule has 0 unspecified atom stereocenters. The Morgan fingerprint density at radius 2 is 1.83 bits per heavy atom. The molecule has 7 nitrogen and oxygen atoms in total. The quantitative estimate of drug-likeness (QED) is 0.330. The van der Waals surface area contributed by atoms with Crippen LogP contribution in [-0.2, 0) is 6.42 Å². The van der Waals surface area contributed by atoms with E-state index in [1.54, 1.807) is 39.0 Å². The second-order valence-electron chi connectivity index (χ2n) is 11.5. The summed E-state index contributed by atoms with van der Waals surface area (Å²) in [5.74, 6) is -2.07. The van der Waals surface area contributed by atoms with Gasteiger partial charge in [0, 0.05) is 11.1 Å². The van der Waals surface area contributed by atoms with E-state index in [0.717, 1.165) is 27.8 Å². The van der Waals surface area contributed by atoms with Gasteiger partial charge in [-0.1, -0.05) is 23.8 Å². The molecule has 0 bridgehead atoms. The molecular formula is C32H29F2N3O4. The molecule has 1 atom stereocenters. The van der Waals surface area contributed by atoms with Crippen LogP contribution in [0.2, 0.25) is 0 Å². The number of para-hydroxylation sites is 1. The van der Waals surface area contributed by atoms with Crippen molar-refractivity contribution in [3.63, 3.8) is 0 Å². The summed E-state index contributed by atoms with van der Waals surface area (Å²) < 4.78 is 31.3. The highest BCUT2D eigenvalue weighted by molar-refractivity contribution is 6.00. The van der Waals surface area contributed by atoms with E-state index in [-0.39, 0.29) is 33.6 Å². The fourth-order valence-electron chi connectivity index (χ4n) is 6.57. The molecule has 0 radical (unpaired) electrons. The van der Waals surface area contributed by atoms with Gasteiger partial charge in [0.1, 0.15) is 11.6 Å². The molecule has 4 aromatic rings. The number of halogens is 2. The highest BCUT2D eigenvalue weighted by Crippen LogP contribution is 2.51. The Bertz CT molecular complexity index is 1950. The fourth-order valence-corrected chi connectivity index (χ4v) is 6.57. The maximum Gasteiger partial charge on any atom is 0.333 e. The summed E-state index contributed by atoms with van der Waals surface area (Å²) >= 11 is 0. The minimum Gasteiger partial charge on any atom is -0.390 e. The number of benzene rings is 3. The molecule has 0 saturated carbocycles. The third-order valence-corrected chi connectivity index (χ3v) is 8.70. The first-order chi connectivity index (χ1) is 19.4. The van der Waals surface area contributed by atoms with Crippen LogP contribution < -0.4 is 17.0 Å².